The number of amides is 1. The minimum absolute atomic E-state index is 0.0493. The zero-order valence-electron chi connectivity index (χ0n) is 13.2. The van der Waals surface area contributed by atoms with Crippen molar-refractivity contribution < 1.29 is 14.7 Å². The Balaban J connectivity index is 1.72. The summed E-state index contributed by atoms with van der Waals surface area (Å²) < 4.78 is 0. The monoisotopic (exact) mass is 335 g/mol. The second-order valence-corrected chi connectivity index (χ2v) is 7.30. The Morgan fingerprint density at radius 3 is 2.87 bits per heavy atom. The van der Waals surface area contributed by atoms with Crippen LogP contribution in [0.2, 0.25) is 5.02 Å². The third-order valence-electron chi connectivity index (χ3n) is 5.28. The van der Waals surface area contributed by atoms with Gasteiger partial charge in [-0.2, -0.15) is 0 Å². The number of rotatable bonds is 4. The topological polar surface area (TPSA) is 57.6 Å². The molecule has 4 unspecified atom stereocenters. The highest BCUT2D eigenvalue weighted by Gasteiger charge is 2.49. The molecule has 1 N–H and O–H groups in total. The molecule has 0 spiro atoms. The largest absolute Gasteiger partial charge is 0.480 e. The summed E-state index contributed by atoms with van der Waals surface area (Å²) in [5.74, 6) is -0.656. The van der Waals surface area contributed by atoms with E-state index >= 15 is 0 Å². The molecular weight excluding hydrogens is 314 g/mol. The molecule has 23 heavy (non-hydrogen) atoms. The minimum atomic E-state index is -0.859. The summed E-state index contributed by atoms with van der Waals surface area (Å²) in [4.78, 5) is 26.1. The van der Waals surface area contributed by atoms with Gasteiger partial charge in [-0.15, -0.1) is 0 Å². The maximum Gasteiger partial charge on any atom is 0.326 e. The molecule has 1 saturated carbocycles. The third kappa shape index (κ3) is 3.23. The molecule has 124 valence electrons. The molecular formula is C18H22ClNO3. The molecule has 1 heterocycles. The fourth-order valence-corrected chi connectivity index (χ4v) is 4.45. The lowest BCUT2D eigenvalue weighted by Crippen LogP contribution is -2.45. The lowest BCUT2D eigenvalue weighted by atomic mass is 9.94. The highest BCUT2D eigenvalue weighted by atomic mass is 35.5. The number of benzene rings is 1. The van der Waals surface area contributed by atoms with Crippen LogP contribution >= 0.6 is 11.6 Å². The number of halogens is 1. The number of carbonyl (C=O) groups excluding carboxylic acids is 1. The Hall–Kier alpha value is -1.55. The molecule has 1 amide bonds. The van der Waals surface area contributed by atoms with E-state index in [0.29, 0.717) is 23.9 Å². The van der Waals surface area contributed by atoms with Crippen molar-refractivity contribution in [3.05, 3.63) is 34.9 Å². The van der Waals surface area contributed by atoms with Gasteiger partial charge in [0.05, 0.1) is 0 Å². The van der Waals surface area contributed by atoms with Gasteiger partial charge in [-0.3, -0.25) is 4.79 Å². The number of aliphatic carboxylic acids is 1. The Morgan fingerprint density at radius 2 is 2.17 bits per heavy atom. The van der Waals surface area contributed by atoms with Gasteiger partial charge in [0.15, 0.2) is 0 Å². The first kappa shape index (κ1) is 16.3. The quantitative estimate of drug-likeness (QED) is 0.919. The van der Waals surface area contributed by atoms with E-state index in [1.165, 1.54) is 0 Å². The zero-order valence-corrected chi connectivity index (χ0v) is 14.0. The van der Waals surface area contributed by atoms with Crippen molar-refractivity contribution in [1.29, 1.82) is 0 Å². The van der Waals surface area contributed by atoms with Gasteiger partial charge < -0.3 is 10.0 Å². The second-order valence-electron chi connectivity index (χ2n) is 6.86. The summed E-state index contributed by atoms with van der Waals surface area (Å²) in [7, 11) is 0. The van der Waals surface area contributed by atoms with E-state index in [-0.39, 0.29) is 17.7 Å². The highest BCUT2D eigenvalue weighted by Crippen LogP contribution is 2.42. The maximum absolute atomic E-state index is 12.8. The number of carboxylic acid groups (broad SMARTS) is 1. The standard InChI is InChI=1S/C18H22ClNO3/c1-11(8-12-4-2-6-14(19)9-12)17(21)20-10-13-5-3-7-15(13)16(20)18(22)23/h2,4,6,9,11,13,15-16H,3,5,7-8,10H2,1H3,(H,22,23). The fourth-order valence-electron chi connectivity index (χ4n) is 4.24. The van der Waals surface area contributed by atoms with Crippen molar-refractivity contribution in [2.45, 2.75) is 38.6 Å². The number of carboxylic acids is 1. The van der Waals surface area contributed by atoms with Gasteiger partial charge in [-0.05, 0) is 48.8 Å². The van der Waals surface area contributed by atoms with Crippen LogP contribution in [-0.4, -0.2) is 34.5 Å². The van der Waals surface area contributed by atoms with E-state index in [1.54, 1.807) is 11.0 Å². The van der Waals surface area contributed by atoms with Gasteiger partial charge in [-0.1, -0.05) is 37.1 Å². The van der Waals surface area contributed by atoms with Gasteiger partial charge >= 0.3 is 5.97 Å². The van der Waals surface area contributed by atoms with Gasteiger partial charge in [0.2, 0.25) is 5.91 Å². The molecule has 0 aromatic heterocycles. The van der Waals surface area contributed by atoms with Crippen LogP contribution < -0.4 is 0 Å². The Bertz CT molecular complexity index is 618. The normalized spacial score (nSPS) is 27.7. The van der Waals surface area contributed by atoms with Crippen molar-refractivity contribution in [1.82, 2.24) is 4.90 Å². The van der Waals surface area contributed by atoms with Gasteiger partial charge in [0, 0.05) is 17.5 Å². The summed E-state index contributed by atoms with van der Waals surface area (Å²) in [5, 5.41) is 10.2. The predicted molar refractivity (Wildman–Crippen MR) is 88.3 cm³/mol. The highest BCUT2D eigenvalue weighted by molar-refractivity contribution is 6.30. The molecule has 1 saturated heterocycles. The van der Waals surface area contributed by atoms with Gasteiger partial charge in [0.1, 0.15) is 6.04 Å². The molecule has 4 atom stereocenters. The zero-order chi connectivity index (χ0) is 16.6. The molecule has 0 bridgehead atoms. The first-order chi connectivity index (χ1) is 11.0. The van der Waals surface area contributed by atoms with Crippen molar-refractivity contribution >= 4 is 23.5 Å². The minimum Gasteiger partial charge on any atom is -0.480 e. The summed E-state index contributed by atoms with van der Waals surface area (Å²) in [6.45, 7) is 2.47. The Morgan fingerprint density at radius 1 is 1.39 bits per heavy atom. The number of likely N-dealkylation sites (tertiary alicyclic amines) is 1. The molecule has 1 aliphatic carbocycles. The smallest absolute Gasteiger partial charge is 0.326 e. The van der Waals surface area contributed by atoms with Gasteiger partial charge in [-0.25, -0.2) is 4.79 Å². The molecule has 2 aliphatic rings. The number of hydrogen-bond acceptors (Lipinski definition) is 2. The number of nitrogens with zero attached hydrogens (tertiary/aromatic N) is 1. The molecule has 1 aromatic rings. The SMILES string of the molecule is CC(Cc1cccc(Cl)c1)C(=O)N1CC2CCCC2C1C(=O)O. The summed E-state index contributed by atoms with van der Waals surface area (Å²) >= 11 is 5.99. The Kier molecular flexibility index (Phi) is 4.62. The molecule has 1 aliphatic heterocycles. The number of hydrogen-bond donors (Lipinski definition) is 1. The molecule has 0 radical (unpaired) electrons. The Labute approximate surface area is 141 Å². The number of fused-ring (bicyclic) bond motifs is 1. The summed E-state index contributed by atoms with van der Waals surface area (Å²) in [6.07, 6.45) is 3.63. The van der Waals surface area contributed by atoms with Crippen LogP contribution in [0.3, 0.4) is 0 Å². The number of carbonyl (C=O) groups is 2. The predicted octanol–water partition coefficient (Wildman–Crippen LogP) is 3.23. The lowest BCUT2D eigenvalue weighted by Gasteiger charge is -2.27. The van der Waals surface area contributed by atoms with Gasteiger partial charge in [0.25, 0.3) is 0 Å². The molecule has 2 fully saturated rings. The van der Waals surface area contributed by atoms with E-state index in [1.807, 2.05) is 25.1 Å². The van der Waals surface area contributed by atoms with Crippen LogP contribution in [0.1, 0.15) is 31.7 Å². The van der Waals surface area contributed by atoms with Crippen molar-refractivity contribution in [3.63, 3.8) is 0 Å². The van der Waals surface area contributed by atoms with Crippen LogP contribution in [-0.2, 0) is 16.0 Å². The third-order valence-corrected chi connectivity index (χ3v) is 5.51. The molecule has 3 rings (SSSR count). The van der Waals surface area contributed by atoms with Crippen LogP contribution in [0, 0.1) is 17.8 Å². The maximum atomic E-state index is 12.8. The lowest BCUT2D eigenvalue weighted by molar-refractivity contribution is -0.151. The van der Waals surface area contributed by atoms with E-state index in [4.69, 9.17) is 11.6 Å². The van der Waals surface area contributed by atoms with Crippen LogP contribution in [0.15, 0.2) is 24.3 Å². The molecule has 1 aromatic carbocycles. The van der Waals surface area contributed by atoms with Crippen LogP contribution in [0.4, 0.5) is 0 Å². The average molecular weight is 336 g/mol. The first-order valence-corrected chi connectivity index (χ1v) is 8.63. The molecule has 5 heteroatoms. The summed E-state index contributed by atoms with van der Waals surface area (Å²) in [5.41, 5.74) is 1.00. The van der Waals surface area contributed by atoms with E-state index in [0.717, 1.165) is 24.8 Å². The van der Waals surface area contributed by atoms with Crippen LogP contribution in [0.5, 0.6) is 0 Å². The van der Waals surface area contributed by atoms with Crippen molar-refractivity contribution in [3.8, 4) is 0 Å². The first-order valence-electron chi connectivity index (χ1n) is 8.25. The van der Waals surface area contributed by atoms with E-state index in [9.17, 15) is 14.7 Å². The van der Waals surface area contributed by atoms with Crippen LogP contribution in [0.25, 0.3) is 0 Å². The van der Waals surface area contributed by atoms with E-state index in [2.05, 4.69) is 0 Å². The van der Waals surface area contributed by atoms with Crippen molar-refractivity contribution in [2.24, 2.45) is 17.8 Å². The fraction of sp³-hybridized carbons (Fsp3) is 0.556. The van der Waals surface area contributed by atoms with Crippen molar-refractivity contribution in [2.75, 3.05) is 6.54 Å². The summed E-state index contributed by atoms with van der Waals surface area (Å²) in [6, 6.07) is 6.84. The molecule has 4 nitrogen and oxygen atoms in total. The van der Waals surface area contributed by atoms with E-state index < -0.39 is 12.0 Å². The second kappa shape index (κ2) is 6.52. The average Bonchev–Trinajstić information content (AvgIpc) is 3.06.